The van der Waals surface area contributed by atoms with Crippen LogP contribution in [0.2, 0.25) is 0 Å². The van der Waals surface area contributed by atoms with Crippen molar-refractivity contribution < 1.29 is 27.5 Å². The second-order valence-electron chi connectivity index (χ2n) is 7.91. The molecule has 0 unspecified atom stereocenters. The highest BCUT2D eigenvalue weighted by molar-refractivity contribution is 8.14. The number of nitrogens with one attached hydrogen (secondary N) is 1. The van der Waals surface area contributed by atoms with Gasteiger partial charge >= 0.3 is 0 Å². The number of rotatable bonds is 4. The second kappa shape index (κ2) is 9.07. The third-order valence-electron chi connectivity index (χ3n) is 5.89. The summed E-state index contributed by atoms with van der Waals surface area (Å²) in [5.74, 6) is -2.83. The molecular formula is C23H21F3N2O3S. The highest BCUT2D eigenvalue weighted by atomic mass is 32.2. The van der Waals surface area contributed by atoms with Gasteiger partial charge < -0.3 is 10.1 Å². The van der Waals surface area contributed by atoms with Gasteiger partial charge in [0.05, 0.1) is 18.3 Å². The fourth-order valence-electron chi connectivity index (χ4n) is 4.29. The number of alkyl halides is 1. The fraction of sp³-hybridized carbons (Fsp3) is 0.348. The smallest absolute Gasteiger partial charge is 0.257 e. The molecule has 4 atom stereocenters. The van der Waals surface area contributed by atoms with Crippen molar-refractivity contribution in [2.24, 2.45) is 10.9 Å². The lowest BCUT2D eigenvalue weighted by molar-refractivity contribution is -0.0558. The molecule has 9 heteroatoms. The van der Waals surface area contributed by atoms with E-state index in [-0.39, 0.29) is 29.0 Å². The molecule has 32 heavy (non-hydrogen) atoms. The molecule has 0 aromatic heterocycles. The van der Waals surface area contributed by atoms with Crippen molar-refractivity contribution in [3.63, 3.8) is 0 Å². The standard InChI is InChI=1S/C23H21F3N2O3S/c1-13-7-17-20(10-24)32-22(27-21(30)14-5-3-2-4-6-14)28-23(17,12-31-13)16-8-15(11-29)18(25)9-19(16)26/h2-6,8-9,11,13,17,20H,7,10,12H2,1H3,(H,27,28,30)/t13-,17-,20+,23+/m0/s1. The molecule has 4 rings (SSSR count). The number of thioether (sulfide) groups is 1. The molecule has 2 aromatic rings. The quantitative estimate of drug-likeness (QED) is 0.690. The summed E-state index contributed by atoms with van der Waals surface area (Å²) >= 11 is 1.08. The summed E-state index contributed by atoms with van der Waals surface area (Å²) in [6, 6.07) is 10.2. The van der Waals surface area contributed by atoms with Crippen LogP contribution in [-0.4, -0.2) is 42.0 Å². The average Bonchev–Trinajstić information content (AvgIpc) is 2.79. The SMILES string of the molecule is C[C@H]1C[C@H]2[C@@H](CF)SC(NC(=O)c3ccccc3)=N[C@@]2(c2cc(C=O)c(F)cc2F)CO1. The van der Waals surface area contributed by atoms with Crippen molar-refractivity contribution in [3.05, 3.63) is 70.8 Å². The largest absolute Gasteiger partial charge is 0.376 e. The van der Waals surface area contributed by atoms with Gasteiger partial charge in [-0.15, -0.1) is 0 Å². The van der Waals surface area contributed by atoms with Crippen molar-refractivity contribution in [2.45, 2.75) is 30.2 Å². The van der Waals surface area contributed by atoms with Gasteiger partial charge in [0.15, 0.2) is 11.5 Å². The Morgan fingerprint density at radius 3 is 2.72 bits per heavy atom. The Balaban J connectivity index is 1.82. The first kappa shape index (κ1) is 22.5. The van der Waals surface area contributed by atoms with Crippen LogP contribution in [0.3, 0.4) is 0 Å². The molecule has 2 aliphatic heterocycles. The molecule has 1 N–H and O–H groups in total. The summed E-state index contributed by atoms with van der Waals surface area (Å²) in [4.78, 5) is 28.6. The van der Waals surface area contributed by atoms with Crippen molar-refractivity contribution in [2.75, 3.05) is 13.3 Å². The lowest BCUT2D eigenvalue weighted by Gasteiger charge is -2.49. The molecule has 0 aliphatic carbocycles. The molecule has 1 amide bonds. The molecule has 2 aliphatic rings. The Bertz CT molecular complexity index is 1070. The van der Waals surface area contributed by atoms with Crippen LogP contribution in [0, 0.1) is 17.6 Å². The number of carbonyl (C=O) groups is 2. The maximum Gasteiger partial charge on any atom is 0.257 e. The molecule has 0 bridgehead atoms. The number of benzene rings is 2. The molecule has 1 fully saturated rings. The highest BCUT2D eigenvalue weighted by Crippen LogP contribution is 2.50. The van der Waals surface area contributed by atoms with E-state index in [0.717, 1.165) is 17.8 Å². The fourth-order valence-corrected chi connectivity index (χ4v) is 5.50. The van der Waals surface area contributed by atoms with Crippen LogP contribution in [-0.2, 0) is 10.3 Å². The van der Waals surface area contributed by atoms with E-state index < -0.39 is 40.9 Å². The molecule has 0 radical (unpaired) electrons. The van der Waals surface area contributed by atoms with E-state index >= 15 is 4.39 Å². The van der Waals surface area contributed by atoms with Gasteiger partial charge in [0, 0.05) is 28.4 Å². The van der Waals surface area contributed by atoms with Crippen molar-refractivity contribution in [1.29, 1.82) is 0 Å². The molecule has 1 saturated heterocycles. The Morgan fingerprint density at radius 1 is 1.28 bits per heavy atom. The third kappa shape index (κ3) is 4.06. The van der Waals surface area contributed by atoms with Gasteiger partial charge in [0.2, 0.25) is 0 Å². The van der Waals surface area contributed by atoms with E-state index in [2.05, 4.69) is 10.3 Å². The normalized spacial score (nSPS) is 27.2. The number of nitrogens with zero attached hydrogens (tertiary/aromatic N) is 1. The first-order chi connectivity index (χ1) is 15.4. The first-order valence-corrected chi connectivity index (χ1v) is 11.0. The average molecular weight is 462 g/mol. The Kier molecular flexibility index (Phi) is 6.39. The number of halogens is 3. The van der Waals surface area contributed by atoms with Crippen LogP contribution in [0.5, 0.6) is 0 Å². The molecule has 5 nitrogen and oxygen atoms in total. The third-order valence-corrected chi connectivity index (χ3v) is 7.06. The summed E-state index contributed by atoms with van der Waals surface area (Å²) in [6.45, 7) is 0.993. The van der Waals surface area contributed by atoms with E-state index in [1.165, 1.54) is 0 Å². The zero-order valence-electron chi connectivity index (χ0n) is 17.2. The lowest BCUT2D eigenvalue weighted by atomic mass is 9.72. The number of aldehydes is 1. The van der Waals surface area contributed by atoms with E-state index in [1.54, 1.807) is 30.3 Å². The highest BCUT2D eigenvalue weighted by Gasteiger charge is 2.53. The Morgan fingerprint density at radius 2 is 2.03 bits per heavy atom. The summed E-state index contributed by atoms with van der Waals surface area (Å²) < 4.78 is 49.0. The summed E-state index contributed by atoms with van der Waals surface area (Å²) in [6.07, 6.45) is 0.466. The monoisotopic (exact) mass is 462 g/mol. The van der Waals surface area contributed by atoms with Gasteiger partial charge in [-0.05, 0) is 31.5 Å². The van der Waals surface area contributed by atoms with Crippen LogP contribution < -0.4 is 5.32 Å². The van der Waals surface area contributed by atoms with Gasteiger partial charge in [0.1, 0.15) is 23.8 Å². The number of ether oxygens (including phenoxy) is 1. The van der Waals surface area contributed by atoms with Crippen LogP contribution in [0.4, 0.5) is 13.2 Å². The number of hydrogen-bond donors (Lipinski definition) is 1. The maximum atomic E-state index is 15.0. The minimum atomic E-state index is -1.41. The van der Waals surface area contributed by atoms with Crippen molar-refractivity contribution >= 4 is 29.1 Å². The van der Waals surface area contributed by atoms with Gasteiger partial charge in [0.25, 0.3) is 5.91 Å². The number of hydrogen-bond acceptors (Lipinski definition) is 5. The lowest BCUT2D eigenvalue weighted by Crippen LogP contribution is -2.54. The molecular weight excluding hydrogens is 441 g/mol. The number of fused-ring (bicyclic) bond motifs is 1. The molecule has 0 saturated carbocycles. The summed E-state index contributed by atoms with van der Waals surface area (Å²) in [5, 5.41) is 2.16. The van der Waals surface area contributed by atoms with Crippen LogP contribution in [0.25, 0.3) is 0 Å². The molecule has 0 spiro atoms. The van der Waals surface area contributed by atoms with Crippen LogP contribution >= 0.6 is 11.8 Å². The number of carbonyl (C=O) groups excluding carboxylic acids is 2. The number of amides is 1. The van der Waals surface area contributed by atoms with Crippen LogP contribution in [0.1, 0.15) is 39.6 Å². The van der Waals surface area contributed by atoms with E-state index in [0.29, 0.717) is 24.3 Å². The van der Waals surface area contributed by atoms with E-state index in [9.17, 15) is 18.4 Å². The Hall–Kier alpha value is -2.65. The zero-order valence-corrected chi connectivity index (χ0v) is 18.0. The predicted molar refractivity (Wildman–Crippen MR) is 116 cm³/mol. The zero-order chi connectivity index (χ0) is 22.9. The van der Waals surface area contributed by atoms with E-state index in [1.807, 2.05) is 6.92 Å². The van der Waals surface area contributed by atoms with Crippen LogP contribution in [0.15, 0.2) is 47.5 Å². The van der Waals surface area contributed by atoms with Gasteiger partial charge in [-0.25, -0.2) is 18.2 Å². The van der Waals surface area contributed by atoms with Gasteiger partial charge in [-0.1, -0.05) is 30.0 Å². The second-order valence-corrected chi connectivity index (χ2v) is 9.14. The number of amidine groups is 1. The molecule has 2 aromatic carbocycles. The molecule has 168 valence electrons. The van der Waals surface area contributed by atoms with Gasteiger partial charge in [-0.3, -0.25) is 9.59 Å². The summed E-state index contributed by atoms with van der Waals surface area (Å²) in [5.41, 5.74) is -1.41. The number of aliphatic imine (C=N–C) groups is 1. The van der Waals surface area contributed by atoms with Gasteiger partial charge in [-0.2, -0.15) is 0 Å². The van der Waals surface area contributed by atoms with Crippen molar-refractivity contribution in [1.82, 2.24) is 5.32 Å². The summed E-state index contributed by atoms with van der Waals surface area (Å²) in [7, 11) is 0. The topological polar surface area (TPSA) is 67.8 Å². The van der Waals surface area contributed by atoms with Crippen molar-refractivity contribution in [3.8, 4) is 0 Å². The Labute approximate surface area is 187 Å². The predicted octanol–water partition coefficient (Wildman–Crippen LogP) is 4.27. The van der Waals surface area contributed by atoms with E-state index in [4.69, 9.17) is 4.74 Å². The first-order valence-electron chi connectivity index (χ1n) is 10.1. The maximum absolute atomic E-state index is 15.0. The molecule has 2 heterocycles. The minimum absolute atomic E-state index is 0.0527. The minimum Gasteiger partial charge on any atom is -0.376 e.